The van der Waals surface area contributed by atoms with Crippen LogP contribution in [0.25, 0.3) is 16.7 Å². The molecule has 1 aromatic heterocycles. The third-order valence-corrected chi connectivity index (χ3v) is 8.16. The van der Waals surface area contributed by atoms with Crippen LogP contribution in [0.15, 0.2) is 88.7 Å². The molecule has 0 radical (unpaired) electrons. The SMILES string of the molecule is Cc1cccc(C2c3c(O)c(-n4nc5ccccc5n4)c4c2c3C4c2cccc(C)c2C)c1C. The van der Waals surface area contributed by atoms with Gasteiger partial charge in [-0.2, -0.15) is 0 Å². The van der Waals surface area contributed by atoms with Gasteiger partial charge in [-0.3, -0.25) is 0 Å². The van der Waals surface area contributed by atoms with E-state index < -0.39 is 0 Å². The van der Waals surface area contributed by atoms with Crippen LogP contribution < -0.4 is 0 Å². The maximum Gasteiger partial charge on any atom is 0.147 e. The van der Waals surface area contributed by atoms with Crippen molar-refractivity contribution < 1.29 is 5.11 Å². The molecule has 4 aliphatic rings. The molecule has 0 fully saturated rings. The number of aromatic nitrogens is 3. The molecule has 3 aromatic carbocycles. The number of hydrogen-bond donors (Lipinski definition) is 1. The summed E-state index contributed by atoms with van der Waals surface area (Å²) in [4.78, 5) is 1.66. The number of hydrogen-bond acceptors (Lipinski definition) is 3. The summed E-state index contributed by atoms with van der Waals surface area (Å²) in [6.45, 7) is 8.71. The second-order valence-electron chi connectivity index (χ2n) is 9.77. The summed E-state index contributed by atoms with van der Waals surface area (Å²) < 4.78 is 0. The van der Waals surface area contributed by atoms with Gasteiger partial charge in [-0.15, -0.1) is 15.0 Å². The van der Waals surface area contributed by atoms with Crippen LogP contribution in [0.3, 0.4) is 0 Å². The first kappa shape index (κ1) is 19.5. The first-order chi connectivity index (χ1) is 16.5. The van der Waals surface area contributed by atoms with Crippen molar-refractivity contribution in [2.24, 2.45) is 0 Å². The van der Waals surface area contributed by atoms with E-state index >= 15 is 0 Å². The van der Waals surface area contributed by atoms with Crippen molar-refractivity contribution in [2.75, 3.05) is 0 Å². The molecule has 2 unspecified atom stereocenters. The first-order valence-corrected chi connectivity index (χ1v) is 11.8. The molecule has 1 heterocycles. The van der Waals surface area contributed by atoms with E-state index in [1.54, 1.807) is 4.80 Å². The molecule has 0 saturated carbocycles. The first-order valence-electron chi connectivity index (χ1n) is 11.8. The molecule has 0 amide bonds. The van der Waals surface area contributed by atoms with Crippen molar-refractivity contribution in [3.8, 4) is 0 Å². The van der Waals surface area contributed by atoms with Gasteiger partial charge >= 0.3 is 0 Å². The van der Waals surface area contributed by atoms with Gasteiger partial charge in [0, 0.05) is 17.4 Å². The molecule has 2 atom stereocenters. The van der Waals surface area contributed by atoms with Gasteiger partial charge in [0.2, 0.25) is 0 Å². The number of aliphatic hydroxyl groups excluding tert-OH is 1. The van der Waals surface area contributed by atoms with Crippen molar-refractivity contribution in [2.45, 2.75) is 39.5 Å². The molecule has 34 heavy (non-hydrogen) atoms. The van der Waals surface area contributed by atoms with Crippen molar-refractivity contribution in [3.05, 3.63) is 122 Å². The number of aryl methyl sites for hydroxylation is 2. The molecular weight excluding hydrogens is 418 g/mol. The third-order valence-electron chi connectivity index (χ3n) is 8.16. The Kier molecular flexibility index (Phi) is 3.78. The van der Waals surface area contributed by atoms with Crippen LogP contribution in [0.1, 0.15) is 45.2 Å². The van der Waals surface area contributed by atoms with Crippen LogP contribution in [-0.4, -0.2) is 20.1 Å². The van der Waals surface area contributed by atoms with Crippen LogP contribution in [-0.2, 0) is 0 Å². The lowest BCUT2D eigenvalue weighted by molar-refractivity contribution is 0.399. The fraction of sp³-hybridized carbons (Fsp3) is 0.200. The Morgan fingerprint density at radius 2 is 1.12 bits per heavy atom. The molecule has 4 aromatic rings. The second-order valence-corrected chi connectivity index (χ2v) is 9.77. The minimum absolute atomic E-state index is 0.125. The van der Waals surface area contributed by atoms with Crippen molar-refractivity contribution in [3.63, 3.8) is 0 Å². The zero-order valence-electron chi connectivity index (χ0n) is 19.7. The summed E-state index contributed by atoms with van der Waals surface area (Å²) in [5, 5.41) is 21.1. The monoisotopic (exact) mass is 443 g/mol. The molecule has 0 aliphatic heterocycles. The molecule has 4 nitrogen and oxygen atoms in total. The molecule has 4 heteroatoms. The van der Waals surface area contributed by atoms with E-state index in [9.17, 15) is 5.11 Å². The molecule has 4 bridgehead atoms. The van der Waals surface area contributed by atoms with Crippen molar-refractivity contribution in [1.82, 2.24) is 15.0 Å². The van der Waals surface area contributed by atoms with E-state index in [1.807, 2.05) is 24.3 Å². The van der Waals surface area contributed by atoms with Gasteiger partial charge in [0.25, 0.3) is 0 Å². The number of aliphatic hydroxyl groups is 1. The minimum atomic E-state index is 0.125. The molecule has 0 spiro atoms. The van der Waals surface area contributed by atoms with Gasteiger partial charge in [-0.1, -0.05) is 48.5 Å². The lowest BCUT2D eigenvalue weighted by atomic mass is 9.47. The van der Waals surface area contributed by atoms with E-state index in [1.165, 1.54) is 50.1 Å². The number of benzene rings is 3. The van der Waals surface area contributed by atoms with E-state index in [0.717, 1.165) is 22.3 Å². The summed E-state index contributed by atoms with van der Waals surface area (Å²) >= 11 is 0. The van der Waals surface area contributed by atoms with Gasteiger partial charge in [-0.25, -0.2) is 0 Å². The summed E-state index contributed by atoms with van der Waals surface area (Å²) in [6.07, 6.45) is 0. The maximum atomic E-state index is 11.6. The average Bonchev–Trinajstić information content (AvgIpc) is 3.24. The fourth-order valence-corrected chi connectivity index (χ4v) is 6.10. The molecule has 166 valence electrons. The van der Waals surface area contributed by atoms with Gasteiger partial charge < -0.3 is 5.11 Å². The summed E-state index contributed by atoms with van der Waals surface area (Å²) in [5.74, 6) is 0.610. The van der Waals surface area contributed by atoms with Crippen LogP contribution >= 0.6 is 0 Å². The van der Waals surface area contributed by atoms with Gasteiger partial charge in [0.15, 0.2) is 0 Å². The van der Waals surface area contributed by atoms with Crippen LogP contribution in [0, 0.1) is 27.7 Å². The molecular formula is C30H25N3O. The highest BCUT2D eigenvalue weighted by Crippen LogP contribution is 2.72. The van der Waals surface area contributed by atoms with Crippen LogP contribution in [0.4, 0.5) is 0 Å². The lowest BCUT2D eigenvalue weighted by Gasteiger charge is -2.56. The summed E-state index contributed by atoms with van der Waals surface area (Å²) in [7, 11) is 0. The largest absolute Gasteiger partial charge is 0.505 e. The van der Waals surface area contributed by atoms with Crippen LogP contribution in [0.5, 0.6) is 0 Å². The number of rotatable bonds is 3. The van der Waals surface area contributed by atoms with E-state index in [2.05, 4.69) is 64.1 Å². The zero-order chi connectivity index (χ0) is 23.3. The number of fused-ring (bicyclic) bond motifs is 2. The highest BCUT2D eigenvalue weighted by atomic mass is 16.3. The predicted octanol–water partition coefficient (Wildman–Crippen LogP) is 6.59. The normalized spacial score (nSPS) is 20.7. The van der Waals surface area contributed by atoms with Gasteiger partial charge in [-0.05, 0) is 89.9 Å². The highest BCUT2D eigenvalue weighted by Gasteiger charge is 2.59. The van der Waals surface area contributed by atoms with E-state index in [4.69, 9.17) is 10.2 Å². The Bertz CT molecular complexity index is 1630. The second kappa shape index (κ2) is 6.57. The highest BCUT2D eigenvalue weighted by molar-refractivity contribution is 5.95. The molecule has 8 rings (SSSR count). The smallest absolute Gasteiger partial charge is 0.147 e. The standard InChI is InChI=1S/C30H25N3O/c1-15-9-7-11-19(17(15)3)23-26-25-24(20-12-8-10-16(2)18(20)4)28(26)30(34)29(27(23)25)33-31-21-13-5-6-14-22(21)32-33/h5-14,23-24,34H,1-4H3. The Labute approximate surface area is 198 Å². The Morgan fingerprint density at radius 3 is 1.68 bits per heavy atom. The van der Waals surface area contributed by atoms with E-state index in [0.29, 0.717) is 5.76 Å². The predicted molar refractivity (Wildman–Crippen MR) is 135 cm³/mol. The van der Waals surface area contributed by atoms with E-state index in [-0.39, 0.29) is 11.8 Å². The number of nitrogens with zero attached hydrogens (tertiary/aromatic N) is 3. The van der Waals surface area contributed by atoms with Crippen molar-refractivity contribution >= 4 is 16.7 Å². The Balaban J connectivity index is 1.48. The van der Waals surface area contributed by atoms with Gasteiger partial charge in [0.05, 0.1) is 0 Å². The zero-order valence-corrected chi connectivity index (χ0v) is 19.7. The summed E-state index contributed by atoms with van der Waals surface area (Å²) in [5.41, 5.74) is 15.0. The van der Waals surface area contributed by atoms with Gasteiger partial charge in [0.1, 0.15) is 22.5 Å². The quantitative estimate of drug-likeness (QED) is 0.388. The molecule has 0 saturated heterocycles. The minimum Gasteiger partial charge on any atom is -0.505 e. The maximum absolute atomic E-state index is 11.6. The lowest BCUT2D eigenvalue weighted by Crippen LogP contribution is -2.43. The molecule has 1 N–H and O–H groups in total. The number of allylic oxidation sites excluding steroid dienone is 5. The average molecular weight is 444 g/mol. The van der Waals surface area contributed by atoms with Crippen LogP contribution in [0.2, 0.25) is 0 Å². The molecule has 4 aliphatic carbocycles. The third kappa shape index (κ3) is 2.28. The Morgan fingerprint density at radius 1 is 0.618 bits per heavy atom. The van der Waals surface area contributed by atoms with Crippen molar-refractivity contribution in [1.29, 1.82) is 0 Å². The topological polar surface area (TPSA) is 50.9 Å². The Hall–Kier alpha value is -3.92. The summed E-state index contributed by atoms with van der Waals surface area (Å²) in [6, 6.07) is 20.9. The fourth-order valence-electron chi connectivity index (χ4n) is 6.10.